The molecule has 0 saturated heterocycles. The topological polar surface area (TPSA) is 78.9 Å². The molecule has 2 amide bonds. The third-order valence-corrected chi connectivity index (χ3v) is 7.92. The van der Waals surface area contributed by atoms with Gasteiger partial charge in [0.15, 0.2) is 0 Å². The first-order valence-corrected chi connectivity index (χ1v) is 13.2. The third kappa shape index (κ3) is 5.12. The van der Waals surface area contributed by atoms with Crippen molar-refractivity contribution in [1.29, 1.82) is 0 Å². The molecule has 0 spiro atoms. The number of rotatable bonds is 6. The van der Waals surface area contributed by atoms with Crippen LogP contribution in [0.25, 0.3) is 0 Å². The Hall–Kier alpha value is -2.90. The summed E-state index contributed by atoms with van der Waals surface area (Å²) in [6, 6.07) is 20.4. The van der Waals surface area contributed by atoms with E-state index in [1.54, 1.807) is 47.4 Å². The average molecular weight is 539 g/mol. The zero-order valence-corrected chi connectivity index (χ0v) is 21.7. The van der Waals surface area contributed by atoms with E-state index in [0.29, 0.717) is 39.6 Å². The number of hydrogen-bond donors (Lipinski definition) is 2. The minimum Gasteiger partial charge on any atom is -0.391 e. The standard InChI is InChI=1S/C29H28Cl2N2O4/c30-21-13-8-14-22(31)26(21)27-25(28(35)32-37-17-18-9-2-1-3-10-18)19-11-4-5-12-20(19)29(36)33(27)23-15-6-7-16-24(23)34/h1-5,8-14,23-25,27,34H,6-7,15-17H2,(H,32,35). The molecule has 1 aliphatic carbocycles. The van der Waals surface area contributed by atoms with E-state index in [9.17, 15) is 14.7 Å². The van der Waals surface area contributed by atoms with E-state index in [0.717, 1.165) is 18.4 Å². The molecule has 2 N–H and O–H groups in total. The van der Waals surface area contributed by atoms with Gasteiger partial charge in [-0.1, -0.05) is 90.6 Å². The monoisotopic (exact) mass is 538 g/mol. The summed E-state index contributed by atoms with van der Waals surface area (Å²) in [4.78, 5) is 35.1. The fourth-order valence-corrected chi connectivity index (χ4v) is 6.17. The van der Waals surface area contributed by atoms with Crippen molar-refractivity contribution in [2.24, 2.45) is 0 Å². The maximum Gasteiger partial charge on any atom is 0.255 e. The Kier molecular flexibility index (Phi) is 7.81. The lowest BCUT2D eigenvalue weighted by Gasteiger charge is -2.48. The van der Waals surface area contributed by atoms with Crippen LogP contribution in [-0.2, 0) is 16.2 Å². The van der Waals surface area contributed by atoms with E-state index in [1.807, 2.05) is 30.3 Å². The molecule has 0 radical (unpaired) electrons. The second kappa shape index (κ2) is 11.2. The predicted molar refractivity (Wildman–Crippen MR) is 142 cm³/mol. The van der Waals surface area contributed by atoms with E-state index in [1.165, 1.54) is 0 Å². The van der Waals surface area contributed by atoms with Gasteiger partial charge in [0.05, 0.1) is 30.7 Å². The lowest BCUT2D eigenvalue weighted by atomic mass is 9.77. The number of halogens is 2. The molecule has 2 aliphatic rings. The van der Waals surface area contributed by atoms with Crippen LogP contribution in [0.15, 0.2) is 72.8 Å². The highest BCUT2D eigenvalue weighted by Gasteiger charge is 2.49. The van der Waals surface area contributed by atoms with Crippen molar-refractivity contribution >= 4 is 35.0 Å². The maximum absolute atomic E-state index is 14.0. The van der Waals surface area contributed by atoms with E-state index in [4.69, 9.17) is 28.0 Å². The number of hydrogen-bond acceptors (Lipinski definition) is 4. The molecule has 3 aromatic carbocycles. The van der Waals surface area contributed by atoms with Crippen LogP contribution in [0.5, 0.6) is 0 Å². The molecule has 4 atom stereocenters. The number of fused-ring (bicyclic) bond motifs is 1. The van der Waals surface area contributed by atoms with Gasteiger partial charge in [-0.05, 0) is 42.2 Å². The number of hydroxylamine groups is 1. The predicted octanol–water partition coefficient (Wildman–Crippen LogP) is 5.83. The zero-order valence-electron chi connectivity index (χ0n) is 20.1. The van der Waals surface area contributed by atoms with Crippen molar-refractivity contribution in [3.63, 3.8) is 0 Å². The highest BCUT2D eigenvalue weighted by Crippen LogP contribution is 2.49. The number of nitrogens with one attached hydrogen (secondary N) is 1. The van der Waals surface area contributed by atoms with Gasteiger partial charge < -0.3 is 10.0 Å². The molecular formula is C29H28Cl2N2O4. The van der Waals surface area contributed by atoms with Gasteiger partial charge in [-0.25, -0.2) is 5.48 Å². The average Bonchev–Trinajstić information content (AvgIpc) is 2.90. The van der Waals surface area contributed by atoms with Crippen LogP contribution in [0, 0.1) is 0 Å². The van der Waals surface area contributed by atoms with Gasteiger partial charge in [0.25, 0.3) is 11.8 Å². The minimum absolute atomic E-state index is 0.183. The molecule has 1 fully saturated rings. The smallest absolute Gasteiger partial charge is 0.255 e. The van der Waals surface area contributed by atoms with Crippen molar-refractivity contribution in [3.05, 3.63) is 105 Å². The molecule has 8 heteroatoms. The van der Waals surface area contributed by atoms with Crippen molar-refractivity contribution < 1.29 is 19.5 Å². The Bertz CT molecular complexity index is 1270. The molecule has 3 aromatic rings. The minimum atomic E-state index is -0.865. The molecular weight excluding hydrogens is 511 g/mol. The molecule has 4 unspecified atom stereocenters. The summed E-state index contributed by atoms with van der Waals surface area (Å²) >= 11 is 13.4. The van der Waals surface area contributed by atoms with Crippen LogP contribution < -0.4 is 5.48 Å². The highest BCUT2D eigenvalue weighted by atomic mass is 35.5. The van der Waals surface area contributed by atoms with Crippen molar-refractivity contribution in [2.75, 3.05) is 0 Å². The maximum atomic E-state index is 14.0. The molecule has 0 bridgehead atoms. The van der Waals surface area contributed by atoms with Crippen LogP contribution in [0.1, 0.15) is 64.7 Å². The Morgan fingerprint density at radius 2 is 1.62 bits per heavy atom. The van der Waals surface area contributed by atoms with E-state index in [2.05, 4.69) is 5.48 Å². The molecule has 1 saturated carbocycles. The number of benzene rings is 3. The van der Waals surface area contributed by atoms with Crippen molar-refractivity contribution in [1.82, 2.24) is 10.4 Å². The Morgan fingerprint density at radius 1 is 0.946 bits per heavy atom. The number of nitrogens with zero attached hydrogens (tertiary/aromatic N) is 1. The summed E-state index contributed by atoms with van der Waals surface area (Å²) in [7, 11) is 0. The molecule has 192 valence electrons. The van der Waals surface area contributed by atoms with E-state index in [-0.39, 0.29) is 12.5 Å². The number of aliphatic hydroxyl groups excluding tert-OH is 1. The van der Waals surface area contributed by atoms with Crippen LogP contribution in [0.4, 0.5) is 0 Å². The van der Waals surface area contributed by atoms with Gasteiger partial charge in [0.2, 0.25) is 0 Å². The van der Waals surface area contributed by atoms with Crippen molar-refractivity contribution in [3.8, 4) is 0 Å². The number of aliphatic hydroxyl groups is 1. The van der Waals surface area contributed by atoms with E-state index < -0.39 is 30.0 Å². The van der Waals surface area contributed by atoms with Crippen molar-refractivity contribution in [2.45, 2.75) is 56.4 Å². The third-order valence-electron chi connectivity index (χ3n) is 7.26. The van der Waals surface area contributed by atoms with Gasteiger partial charge >= 0.3 is 0 Å². The summed E-state index contributed by atoms with van der Waals surface area (Å²) in [5.41, 5.74) is 4.97. The molecule has 1 heterocycles. The summed E-state index contributed by atoms with van der Waals surface area (Å²) in [5.74, 6) is -1.54. The highest BCUT2D eigenvalue weighted by molar-refractivity contribution is 6.36. The normalized spacial score (nSPS) is 23.4. The lowest BCUT2D eigenvalue weighted by Crippen LogP contribution is -2.55. The van der Waals surface area contributed by atoms with Gasteiger partial charge in [-0.15, -0.1) is 0 Å². The van der Waals surface area contributed by atoms with Crippen LogP contribution in [0.2, 0.25) is 10.0 Å². The van der Waals surface area contributed by atoms with Crippen LogP contribution >= 0.6 is 23.2 Å². The molecule has 37 heavy (non-hydrogen) atoms. The fourth-order valence-electron chi connectivity index (χ4n) is 5.54. The Labute approximate surface area is 226 Å². The SMILES string of the molecule is O=C(NOCc1ccccc1)C1c2ccccc2C(=O)N(C2CCCCC2O)C1c1c(Cl)cccc1Cl. The first kappa shape index (κ1) is 25.7. The van der Waals surface area contributed by atoms with Gasteiger partial charge in [-0.2, -0.15) is 0 Å². The van der Waals surface area contributed by atoms with Gasteiger partial charge in [0.1, 0.15) is 0 Å². The number of carbonyl (C=O) groups excluding carboxylic acids is 2. The number of amides is 2. The van der Waals surface area contributed by atoms with Gasteiger partial charge in [-0.3, -0.25) is 14.4 Å². The first-order valence-electron chi connectivity index (χ1n) is 12.5. The lowest BCUT2D eigenvalue weighted by molar-refractivity contribution is -0.138. The first-order chi connectivity index (χ1) is 18.0. The molecule has 1 aliphatic heterocycles. The van der Waals surface area contributed by atoms with Gasteiger partial charge in [0, 0.05) is 21.2 Å². The largest absolute Gasteiger partial charge is 0.391 e. The summed E-state index contributed by atoms with van der Waals surface area (Å²) < 4.78 is 0. The molecule has 6 nitrogen and oxygen atoms in total. The second-order valence-electron chi connectivity index (χ2n) is 9.52. The fraction of sp³-hybridized carbons (Fsp3) is 0.310. The molecule has 5 rings (SSSR count). The Balaban J connectivity index is 1.59. The van der Waals surface area contributed by atoms with Crippen LogP contribution in [0.3, 0.4) is 0 Å². The summed E-state index contributed by atoms with van der Waals surface area (Å²) in [6.45, 7) is 0.183. The Morgan fingerprint density at radius 3 is 2.35 bits per heavy atom. The summed E-state index contributed by atoms with van der Waals surface area (Å²) in [6.07, 6.45) is 2.23. The van der Waals surface area contributed by atoms with Crippen LogP contribution in [-0.4, -0.2) is 34.0 Å². The zero-order chi connectivity index (χ0) is 25.9. The van der Waals surface area contributed by atoms with E-state index >= 15 is 0 Å². The summed E-state index contributed by atoms with van der Waals surface area (Å²) in [5, 5.41) is 11.7. The number of carbonyl (C=O) groups is 2. The second-order valence-corrected chi connectivity index (χ2v) is 10.3. The molecule has 0 aromatic heterocycles. The quantitative estimate of drug-likeness (QED) is 0.387.